The van der Waals surface area contributed by atoms with E-state index in [9.17, 15) is 4.79 Å². The van der Waals surface area contributed by atoms with Crippen molar-refractivity contribution in [3.8, 4) is 0 Å². The van der Waals surface area contributed by atoms with E-state index in [1.165, 1.54) is 37.7 Å². The van der Waals surface area contributed by atoms with Crippen molar-refractivity contribution in [2.24, 2.45) is 0 Å². The van der Waals surface area contributed by atoms with Crippen LogP contribution in [0.3, 0.4) is 0 Å². The summed E-state index contributed by atoms with van der Waals surface area (Å²) in [4.78, 5) is 10.8. The first-order valence-electron chi connectivity index (χ1n) is 7.50. The minimum Gasteiger partial charge on any atom is -0.481 e. The summed E-state index contributed by atoms with van der Waals surface area (Å²) in [5.74, 6) is -0.286. The largest absolute Gasteiger partial charge is 0.481 e. The fourth-order valence-corrected chi connectivity index (χ4v) is 2.49. The molecular weight excluding hydrogens is 236 g/mol. The van der Waals surface area contributed by atoms with Crippen LogP contribution in [0, 0.1) is 0 Å². The highest BCUT2D eigenvalue weighted by Crippen LogP contribution is 2.27. The van der Waals surface area contributed by atoms with Crippen LogP contribution in [0.5, 0.6) is 0 Å². The summed E-state index contributed by atoms with van der Waals surface area (Å²) in [5, 5.41) is 8.85. The van der Waals surface area contributed by atoms with Crippen molar-refractivity contribution in [2.75, 3.05) is 0 Å². The van der Waals surface area contributed by atoms with Crippen LogP contribution in [0.1, 0.15) is 69.8 Å². The summed E-state index contributed by atoms with van der Waals surface area (Å²) < 4.78 is 0. The zero-order valence-corrected chi connectivity index (χ0v) is 12.0. The molecule has 0 amide bonds. The van der Waals surface area contributed by atoms with Crippen molar-refractivity contribution < 1.29 is 9.90 Å². The van der Waals surface area contributed by atoms with Gasteiger partial charge in [0, 0.05) is 6.42 Å². The van der Waals surface area contributed by atoms with Gasteiger partial charge in [0.05, 0.1) is 0 Å². The number of aliphatic carboxylic acids is 1. The van der Waals surface area contributed by atoms with Crippen LogP contribution in [0.25, 0.3) is 0 Å². The van der Waals surface area contributed by atoms with E-state index in [1.54, 1.807) is 0 Å². The smallest absolute Gasteiger partial charge is 0.303 e. The summed E-state index contributed by atoms with van der Waals surface area (Å²) in [6.07, 6.45) is 8.50. The van der Waals surface area contributed by atoms with Crippen molar-refractivity contribution in [3.05, 3.63) is 35.9 Å². The van der Waals surface area contributed by atoms with Gasteiger partial charge in [-0.15, -0.1) is 0 Å². The second-order valence-corrected chi connectivity index (χ2v) is 5.24. The van der Waals surface area contributed by atoms with Gasteiger partial charge >= 0.3 is 5.97 Å². The molecule has 0 aliphatic heterocycles. The van der Waals surface area contributed by atoms with Gasteiger partial charge in [0.15, 0.2) is 0 Å². The van der Waals surface area contributed by atoms with E-state index in [-0.39, 0.29) is 6.42 Å². The molecule has 0 aliphatic rings. The van der Waals surface area contributed by atoms with E-state index < -0.39 is 5.97 Å². The zero-order chi connectivity index (χ0) is 13.9. The van der Waals surface area contributed by atoms with E-state index in [0.29, 0.717) is 5.92 Å². The van der Waals surface area contributed by atoms with Crippen LogP contribution in [0.4, 0.5) is 0 Å². The van der Waals surface area contributed by atoms with Crippen LogP contribution < -0.4 is 0 Å². The Labute approximate surface area is 116 Å². The van der Waals surface area contributed by atoms with Crippen LogP contribution >= 0.6 is 0 Å². The maximum atomic E-state index is 10.8. The van der Waals surface area contributed by atoms with Gasteiger partial charge in [0.1, 0.15) is 0 Å². The first-order chi connectivity index (χ1) is 9.24. The molecule has 0 saturated carbocycles. The van der Waals surface area contributed by atoms with Gasteiger partial charge in [-0.3, -0.25) is 4.79 Å². The van der Waals surface area contributed by atoms with E-state index in [0.717, 1.165) is 12.8 Å². The van der Waals surface area contributed by atoms with Crippen LogP contribution in [0.2, 0.25) is 0 Å². The highest BCUT2D eigenvalue weighted by atomic mass is 16.4. The maximum absolute atomic E-state index is 10.8. The summed E-state index contributed by atoms with van der Waals surface area (Å²) in [6, 6.07) is 10.3. The predicted octanol–water partition coefficient (Wildman–Crippen LogP) is 5.00. The number of hydrogen-bond acceptors (Lipinski definition) is 1. The molecule has 2 nitrogen and oxygen atoms in total. The molecule has 0 spiro atoms. The van der Waals surface area contributed by atoms with Crippen molar-refractivity contribution in [1.82, 2.24) is 0 Å². The second-order valence-electron chi connectivity index (χ2n) is 5.24. The molecule has 1 unspecified atom stereocenters. The third-order valence-electron chi connectivity index (χ3n) is 3.63. The standard InChI is InChI=1S/C17H26O2/c1-2-3-4-5-7-12-16(13-14-17(18)19)15-10-8-6-9-11-15/h6,8-11,16H,2-5,7,12-14H2,1H3,(H,18,19). The lowest BCUT2D eigenvalue weighted by Crippen LogP contribution is -2.03. The van der Waals surface area contributed by atoms with Gasteiger partial charge in [-0.05, 0) is 24.3 Å². The van der Waals surface area contributed by atoms with Gasteiger partial charge in [-0.25, -0.2) is 0 Å². The summed E-state index contributed by atoms with van der Waals surface area (Å²) in [5.41, 5.74) is 1.29. The number of unbranched alkanes of at least 4 members (excludes halogenated alkanes) is 4. The Hall–Kier alpha value is -1.31. The van der Waals surface area contributed by atoms with E-state index in [4.69, 9.17) is 5.11 Å². The third kappa shape index (κ3) is 7.00. The molecule has 2 heteroatoms. The average molecular weight is 262 g/mol. The number of carbonyl (C=O) groups is 1. The van der Waals surface area contributed by atoms with Gasteiger partial charge < -0.3 is 5.11 Å². The number of hydrogen-bond donors (Lipinski definition) is 1. The van der Waals surface area contributed by atoms with Gasteiger partial charge in [-0.1, -0.05) is 69.4 Å². The lowest BCUT2D eigenvalue weighted by molar-refractivity contribution is -0.137. The molecule has 1 aromatic carbocycles. The third-order valence-corrected chi connectivity index (χ3v) is 3.63. The molecular formula is C17H26O2. The van der Waals surface area contributed by atoms with Crippen molar-refractivity contribution in [1.29, 1.82) is 0 Å². The minimum atomic E-state index is -0.688. The topological polar surface area (TPSA) is 37.3 Å². The fraction of sp³-hybridized carbons (Fsp3) is 0.588. The molecule has 0 bridgehead atoms. The molecule has 0 radical (unpaired) electrons. The molecule has 0 heterocycles. The Morgan fingerprint density at radius 3 is 2.37 bits per heavy atom. The molecule has 0 aromatic heterocycles. The quantitative estimate of drug-likeness (QED) is 0.603. The van der Waals surface area contributed by atoms with Crippen molar-refractivity contribution >= 4 is 5.97 Å². The Morgan fingerprint density at radius 1 is 1.05 bits per heavy atom. The Balaban J connectivity index is 2.43. The Morgan fingerprint density at radius 2 is 1.74 bits per heavy atom. The molecule has 1 atom stereocenters. The number of carboxylic acids is 1. The first kappa shape index (κ1) is 15.7. The van der Waals surface area contributed by atoms with E-state index >= 15 is 0 Å². The summed E-state index contributed by atoms with van der Waals surface area (Å²) in [7, 11) is 0. The van der Waals surface area contributed by atoms with Crippen LogP contribution in [-0.2, 0) is 4.79 Å². The average Bonchev–Trinajstić information content (AvgIpc) is 2.42. The number of benzene rings is 1. The fourth-order valence-electron chi connectivity index (χ4n) is 2.49. The molecule has 106 valence electrons. The number of rotatable bonds is 10. The van der Waals surface area contributed by atoms with Crippen molar-refractivity contribution in [3.63, 3.8) is 0 Å². The highest BCUT2D eigenvalue weighted by molar-refractivity contribution is 5.66. The molecule has 19 heavy (non-hydrogen) atoms. The van der Waals surface area contributed by atoms with Crippen LogP contribution in [-0.4, -0.2) is 11.1 Å². The van der Waals surface area contributed by atoms with E-state index in [2.05, 4.69) is 19.1 Å². The maximum Gasteiger partial charge on any atom is 0.303 e. The molecule has 0 saturated heterocycles. The lowest BCUT2D eigenvalue weighted by Gasteiger charge is -2.16. The van der Waals surface area contributed by atoms with Gasteiger partial charge in [-0.2, -0.15) is 0 Å². The summed E-state index contributed by atoms with van der Waals surface area (Å²) in [6.45, 7) is 2.22. The monoisotopic (exact) mass is 262 g/mol. The Bertz CT molecular complexity index is 346. The minimum absolute atomic E-state index is 0.272. The lowest BCUT2D eigenvalue weighted by atomic mass is 9.89. The van der Waals surface area contributed by atoms with Gasteiger partial charge in [0.25, 0.3) is 0 Å². The normalized spacial score (nSPS) is 12.3. The molecule has 1 aromatic rings. The van der Waals surface area contributed by atoms with Crippen LogP contribution in [0.15, 0.2) is 30.3 Å². The molecule has 1 rings (SSSR count). The summed E-state index contributed by atoms with van der Waals surface area (Å²) >= 11 is 0. The van der Waals surface area contributed by atoms with Crippen molar-refractivity contribution in [2.45, 2.75) is 64.2 Å². The molecule has 1 N–H and O–H groups in total. The number of carboxylic acid groups (broad SMARTS) is 1. The van der Waals surface area contributed by atoms with Gasteiger partial charge in [0.2, 0.25) is 0 Å². The van der Waals surface area contributed by atoms with E-state index in [1.807, 2.05) is 18.2 Å². The molecule has 0 aliphatic carbocycles. The highest BCUT2D eigenvalue weighted by Gasteiger charge is 2.12. The predicted molar refractivity (Wildman–Crippen MR) is 79.4 cm³/mol. The SMILES string of the molecule is CCCCCCCC(CCC(=O)O)c1ccccc1. The first-order valence-corrected chi connectivity index (χ1v) is 7.50. The second kappa shape index (κ2) is 9.60. The Kier molecular flexibility index (Phi) is 7.95. The molecule has 0 fully saturated rings. The zero-order valence-electron chi connectivity index (χ0n) is 12.0.